The van der Waals surface area contributed by atoms with Crippen LogP contribution in [0.1, 0.15) is 5.56 Å². The van der Waals surface area contributed by atoms with E-state index in [1.165, 1.54) is 14.2 Å². The highest BCUT2D eigenvalue weighted by molar-refractivity contribution is 6.30. The van der Waals surface area contributed by atoms with Crippen molar-refractivity contribution in [2.45, 2.75) is 6.54 Å². The highest BCUT2D eigenvalue weighted by atomic mass is 35.5. The lowest BCUT2D eigenvalue weighted by Gasteiger charge is -2.16. The lowest BCUT2D eigenvalue weighted by molar-refractivity contribution is 0.355. The molecule has 0 fully saturated rings. The van der Waals surface area contributed by atoms with Crippen LogP contribution in [0.3, 0.4) is 0 Å². The smallest absolute Gasteiger partial charge is 0.336 e. The third-order valence-electron chi connectivity index (χ3n) is 4.90. The average molecular weight is 423 g/mol. The highest BCUT2D eigenvalue weighted by Gasteiger charge is 2.18. The molecule has 0 amide bonds. The molecule has 30 heavy (non-hydrogen) atoms. The van der Waals surface area contributed by atoms with Crippen molar-refractivity contribution in [2.24, 2.45) is 0 Å². The lowest BCUT2D eigenvalue weighted by Crippen LogP contribution is -2.39. The van der Waals surface area contributed by atoms with Crippen LogP contribution in [-0.2, 0) is 6.54 Å². The number of rotatable bonds is 5. The van der Waals surface area contributed by atoms with Gasteiger partial charge in [-0.3, -0.25) is 9.36 Å². The monoisotopic (exact) mass is 422 g/mol. The van der Waals surface area contributed by atoms with E-state index in [1.54, 1.807) is 41.0 Å². The summed E-state index contributed by atoms with van der Waals surface area (Å²) in [5.74, 6) is 0.843. The summed E-state index contributed by atoms with van der Waals surface area (Å²) in [6, 6.07) is 19.5. The molecule has 0 N–H and O–H groups in total. The summed E-state index contributed by atoms with van der Waals surface area (Å²) in [5, 5.41) is 0.768. The molecule has 0 unspecified atom stereocenters. The van der Waals surface area contributed by atoms with Crippen LogP contribution in [-0.4, -0.2) is 23.4 Å². The molecule has 7 heteroatoms. The van der Waals surface area contributed by atoms with E-state index in [2.05, 4.69) is 0 Å². The van der Waals surface area contributed by atoms with Crippen LogP contribution in [0, 0.1) is 0 Å². The van der Waals surface area contributed by atoms with E-state index in [0.29, 0.717) is 33.1 Å². The minimum absolute atomic E-state index is 0.284. The summed E-state index contributed by atoms with van der Waals surface area (Å²) >= 11 is 6.11. The fourth-order valence-corrected chi connectivity index (χ4v) is 3.64. The van der Waals surface area contributed by atoms with Crippen LogP contribution in [0.4, 0.5) is 0 Å². The molecule has 1 aromatic heterocycles. The summed E-state index contributed by atoms with van der Waals surface area (Å²) in [4.78, 5) is 26.8. The van der Waals surface area contributed by atoms with Crippen molar-refractivity contribution < 1.29 is 9.47 Å². The van der Waals surface area contributed by atoms with Crippen LogP contribution >= 0.6 is 11.6 Å². The van der Waals surface area contributed by atoms with E-state index in [1.807, 2.05) is 30.3 Å². The van der Waals surface area contributed by atoms with Gasteiger partial charge < -0.3 is 9.47 Å². The van der Waals surface area contributed by atoms with E-state index < -0.39 is 11.2 Å². The number of hydrogen-bond acceptors (Lipinski definition) is 4. The fourth-order valence-electron chi connectivity index (χ4n) is 3.46. The van der Waals surface area contributed by atoms with Crippen LogP contribution in [0.25, 0.3) is 16.6 Å². The molecule has 0 bridgehead atoms. The Kier molecular flexibility index (Phi) is 5.33. The minimum Gasteiger partial charge on any atom is -0.493 e. The van der Waals surface area contributed by atoms with E-state index in [0.717, 1.165) is 10.1 Å². The van der Waals surface area contributed by atoms with Gasteiger partial charge in [-0.15, -0.1) is 0 Å². The van der Waals surface area contributed by atoms with Crippen LogP contribution in [0.2, 0.25) is 5.02 Å². The maximum absolute atomic E-state index is 13.5. The van der Waals surface area contributed by atoms with Gasteiger partial charge in [-0.25, -0.2) is 9.36 Å². The zero-order valence-electron chi connectivity index (χ0n) is 16.5. The Morgan fingerprint density at radius 2 is 1.57 bits per heavy atom. The molecule has 3 aromatic carbocycles. The summed E-state index contributed by atoms with van der Waals surface area (Å²) in [7, 11) is 3.01. The predicted octanol–water partition coefficient (Wildman–Crippen LogP) is 3.87. The standard InChI is InChI=1S/C23H19ClN2O4/c1-29-20-12-18-19(13-21(20)30-2)25(14-15-7-4-3-5-8-15)23(28)26(22(18)27)17-10-6-9-16(24)11-17/h3-13H,14H2,1-2H3. The second-order valence-corrected chi connectivity index (χ2v) is 7.14. The molecule has 0 atom stereocenters. The number of nitrogens with zero attached hydrogens (tertiary/aromatic N) is 2. The van der Waals surface area contributed by atoms with Crippen molar-refractivity contribution in [3.8, 4) is 17.2 Å². The summed E-state index contributed by atoms with van der Waals surface area (Å²) in [6.07, 6.45) is 0. The Bertz CT molecular complexity index is 1340. The third kappa shape index (κ3) is 3.46. The van der Waals surface area contributed by atoms with Gasteiger partial charge in [-0.2, -0.15) is 0 Å². The Labute approximate surface area is 177 Å². The van der Waals surface area contributed by atoms with Gasteiger partial charge in [0.05, 0.1) is 37.4 Å². The molecular formula is C23H19ClN2O4. The topological polar surface area (TPSA) is 62.5 Å². The quantitative estimate of drug-likeness (QED) is 0.490. The average Bonchev–Trinajstić information content (AvgIpc) is 2.76. The molecule has 0 aliphatic heterocycles. The van der Waals surface area contributed by atoms with Gasteiger partial charge in [0.2, 0.25) is 0 Å². The normalized spacial score (nSPS) is 10.9. The van der Waals surface area contributed by atoms with E-state index in [-0.39, 0.29) is 6.54 Å². The molecule has 152 valence electrons. The van der Waals surface area contributed by atoms with Crippen molar-refractivity contribution >= 4 is 22.5 Å². The first-order valence-corrected chi connectivity index (χ1v) is 9.62. The minimum atomic E-state index is -0.467. The molecule has 0 spiro atoms. The SMILES string of the molecule is COc1cc2c(=O)n(-c3cccc(Cl)c3)c(=O)n(Cc3ccccc3)c2cc1OC. The van der Waals surface area contributed by atoms with Crippen LogP contribution < -0.4 is 20.7 Å². The number of ether oxygens (including phenoxy) is 2. The number of aromatic nitrogens is 2. The van der Waals surface area contributed by atoms with Gasteiger partial charge in [0.15, 0.2) is 11.5 Å². The predicted molar refractivity (Wildman–Crippen MR) is 117 cm³/mol. The van der Waals surface area contributed by atoms with Crippen LogP contribution in [0.15, 0.2) is 76.3 Å². The molecule has 0 saturated carbocycles. The number of methoxy groups -OCH3 is 2. The second-order valence-electron chi connectivity index (χ2n) is 6.70. The van der Waals surface area contributed by atoms with Gasteiger partial charge in [0.1, 0.15) is 0 Å². The van der Waals surface area contributed by atoms with Gasteiger partial charge >= 0.3 is 5.69 Å². The molecule has 4 aromatic rings. The number of benzene rings is 3. The van der Waals surface area contributed by atoms with Crippen molar-refractivity contribution in [3.63, 3.8) is 0 Å². The highest BCUT2D eigenvalue weighted by Crippen LogP contribution is 2.30. The summed E-state index contributed by atoms with van der Waals surface area (Å²) < 4.78 is 13.4. The van der Waals surface area contributed by atoms with Gasteiger partial charge in [-0.05, 0) is 29.8 Å². The van der Waals surface area contributed by atoms with Gasteiger partial charge in [-0.1, -0.05) is 48.0 Å². The van der Waals surface area contributed by atoms with Crippen molar-refractivity contribution in [1.29, 1.82) is 0 Å². The Morgan fingerprint density at radius 3 is 2.23 bits per heavy atom. The van der Waals surface area contributed by atoms with E-state index in [4.69, 9.17) is 21.1 Å². The van der Waals surface area contributed by atoms with Crippen molar-refractivity contribution in [1.82, 2.24) is 9.13 Å². The second kappa shape index (κ2) is 8.08. The number of fused-ring (bicyclic) bond motifs is 1. The lowest BCUT2D eigenvalue weighted by atomic mass is 10.1. The largest absolute Gasteiger partial charge is 0.493 e. The van der Waals surface area contributed by atoms with Gasteiger partial charge in [0, 0.05) is 11.1 Å². The molecular weight excluding hydrogens is 404 g/mol. The number of hydrogen-bond donors (Lipinski definition) is 0. The third-order valence-corrected chi connectivity index (χ3v) is 5.13. The molecule has 1 heterocycles. The molecule has 0 saturated heterocycles. The Hall–Kier alpha value is -3.51. The van der Waals surface area contributed by atoms with E-state index >= 15 is 0 Å². The van der Waals surface area contributed by atoms with Crippen LogP contribution in [0.5, 0.6) is 11.5 Å². The molecule has 6 nitrogen and oxygen atoms in total. The number of halogens is 1. The summed E-state index contributed by atoms with van der Waals surface area (Å²) in [5.41, 5.74) is 0.862. The molecule has 0 aliphatic rings. The molecule has 4 rings (SSSR count). The summed E-state index contributed by atoms with van der Waals surface area (Å²) in [6.45, 7) is 0.284. The van der Waals surface area contributed by atoms with Crippen molar-refractivity contribution in [2.75, 3.05) is 14.2 Å². The van der Waals surface area contributed by atoms with Gasteiger partial charge in [0.25, 0.3) is 5.56 Å². The maximum atomic E-state index is 13.5. The zero-order valence-corrected chi connectivity index (χ0v) is 17.2. The fraction of sp³-hybridized carbons (Fsp3) is 0.130. The van der Waals surface area contributed by atoms with E-state index in [9.17, 15) is 9.59 Å². The molecule has 0 radical (unpaired) electrons. The first-order chi connectivity index (χ1) is 14.5. The molecule has 0 aliphatic carbocycles. The first-order valence-electron chi connectivity index (χ1n) is 9.25. The maximum Gasteiger partial charge on any atom is 0.336 e. The first kappa shape index (κ1) is 19.8. The Morgan fingerprint density at radius 1 is 0.867 bits per heavy atom. The Balaban J connectivity index is 2.10. The zero-order chi connectivity index (χ0) is 21.3. The van der Waals surface area contributed by atoms with Crippen molar-refractivity contribution in [3.05, 3.63) is 98.2 Å².